The molecule has 8 nitrogen and oxygen atoms in total. The highest BCUT2D eigenvalue weighted by Crippen LogP contribution is 2.34. The van der Waals surface area contributed by atoms with E-state index in [0.717, 1.165) is 16.9 Å². The van der Waals surface area contributed by atoms with Gasteiger partial charge >= 0.3 is 5.97 Å². The lowest BCUT2D eigenvalue weighted by atomic mass is 9.81. The fourth-order valence-corrected chi connectivity index (χ4v) is 5.02. The van der Waals surface area contributed by atoms with Crippen LogP contribution in [0.1, 0.15) is 53.4 Å². The molecule has 1 aliphatic heterocycles. The van der Waals surface area contributed by atoms with Crippen LogP contribution in [0.4, 0.5) is 5.00 Å². The van der Waals surface area contributed by atoms with Crippen LogP contribution in [0.3, 0.4) is 0 Å². The van der Waals surface area contributed by atoms with Crippen LogP contribution in [0.15, 0.2) is 24.3 Å². The minimum Gasteiger partial charge on any atom is -0.481 e. The molecule has 2 amide bonds. The number of fused-ring (bicyclic) bond motifs is 1. The Morgan fingerprint density at radius 1 is 1.06 bits per heavy atom. The Bertz CT molecular complexity index is 1030. The minimum atomic E-state index is -0.795. The smallest absolute Gasteiger partial charge is 0.306 e. The van der Waals surface area contributed by atoms with Crippen molar-refractivity contribution in [3.8, 4) is 11.5 Å². The molecular weight excluding hydrogens is 432 g/mol. The Kier molecular flexibility index (Phi) is 6.64. The molecule has 2 aliphatic rings. The highest BCUT2D eigenvalue weighted by atomic mass is 32.1. The molecule has 1 aromatic heterocycles. The molecule has 32 heavy (non-hydrogen) atoms. The van der Waals surface area contributed by atoms with Crippen LogP contribution in [0.5, 0.6) is 11.5 Å². The summed E-state index contributed by atoms with van der Waals surface area (Å²) in [5.74, 6) is -0.464. The number of ether oxygens (including phenoxy) is 2. The van der Waals surface area contributed by atoms with Crippen molar-refractivity contribution in [3.63, 3.8) is 0 Å². The first-order chi connectivity index (χ1) is 15.4. The number of benzene rings is 1. The largest absolute Gasteiger partial charge is 0.481 e. The van der Waals surface area contributed by atoms with Crippen molar-refractivity contribution in [1.29, 1.82) is 0 Å². The van der Waals surface area contributed by atoms with Gasteiger partial charge in [0.25, 0.3) is 5.91 Å². The van der Waals surface area contributed by atoms with E-state index in [-0.39, 0.29) is 30.4 Å². The number of carbonyl (C=O) groups is 3. The van der Waals surface area contributed by atoms with E-state index in [0.29, 0.717) is 54.3 Å². The zero-order valence-electron chi connectivity index (χ0n) is 17.8. The first-order valence-electron chi connectivity index (χ1n) is 10.8. The maximum absolute atomic E-state index is 12.9. The fraction of sp³-hybridized carbons (Fsp3) is 0.435. The van der Waals surface area contributed by atoms with Crippen LogP contribution in [-0.2, 0) is 22.6 Å². The van der Waals surface area contributed by atoms with Gasteiger partial charge in [0.2, 0.25) is 12.7 Å². The van der Waals surface area contributed by atoms with Gasteiger partial charge in [0.15, 0.2) is 11.5 Å². The van der Waals surface area contributed by atoms with E-state index >= 15 is 0 Å². The summed E-state index contributed by atoms with van der Waals surface area (Å²) < 4.78 is 10.7. The first-order valence-corrected chi connectivity index (χ1v) is 11.6. The second kappa shape index (κ2) is 9.60. The van der Waals surface area contributed by atoms with Gasteiger partial charge in [0.1, 0.15) is 5.00 Å². The highest BCUT2D eigenvalue weighted by molar-refractivity contribution is 7.16. The van der Waals surface area contributed by atoms with Crippen molar-refractivity contribution in [2.75, 3.05) is 12.1 Å². The normalized spacial score (nSPS) is 19.4. The summed E-state index contributed by atoms with van der Waals surface area (Å²) >= 11 is 1.40. The number of thiophene rings is 1. The number of aliphatic carboxylic acids is 1. The number of carbonyl (C=O) groups excluding carboxylic acids is 2. The van der Waals surface area contributed by atoms with Gasteiger partial charge in [-0.1, -0.05) is 13.0 Å². The van der Waals surface area contributed by atoms with E-state index in [1.807, 2.05) is 31.2 Å². The number of carboxylic acid groups (broad SMARTS) is 1. The average molecular weight is 459 g/mol. The number of amides is 2. The average Bonchev–Trinajstić information content (AvgIpc) is 3.43. The third kappa shape index (κ3) is 4.88. The van der Waals surface area contributed by atoms with E-state index in [1.54, 1.807) is 0 Å². The Morgan fingerprint density at radius 3 is 2.50 bits per heavy atom. The number of anilines is 1. The standard InChI is InChI=1S/C23H26N2O6S/c1-2-16-10-17(21(27)24-11-13-3-8-18-19(9-13)31-12-30-18)22(32-16)25-20(26)14-4-6-15(7-5-14)23(28)29/h3,8-10,14-15H,2,4-7,11-12H2,1H3,(H,24,27)(H,25,26)(H,28,29). The SMILES string of the molecule is CCc1cc(C(=O)NCc2ccc3c(c2)OCO3)c(NC(=O)C2CCC(C(=O)O)CC2)s1. The molecule has 0 spiro atoms. The second-order valence-electron chi connectivity index (χ2n) is 8.06. The van der Waals surface area contributed by atoms with E-state index in [2.05, 4.69) is 10.6 Å². The second-order valence-corrected chi connectivity index (χ2v) is 9.19. The van der Waals surface area contributed by atoms with Crippen LogP contribution >= 0.6 is 11.3 Å². The maximum atomic E-state index is 12.9. The van der Waals surface area contributed by atoms with Crippen LogP contribution in [0, 0.1) is 11.8 Å². The van der Waals surface area contributed by atoms with Crippen molar-refractivity contribution < 1.29 is 29.0 Å². The Balaban J connectivity index is 1.39. The zero-order valence-corrected chi connectivity index (χ0v) is 18.6. The molecule has 1 fully saturated rings. The van der Waals surface area contributed by atoms with Crippen LogP contribution < -0.4 is 20.1 Å². The lowest BCUT2D eigenvalue weighted by Gasteiger charge is -2.25. The molecule has 2 heterocycles. The number of rotatable bonds is 7. The van der Waals surface area contributed by atoms with E-state index < -0.39 is 5.97 Å². The van der Waals surface area contributed by atoms with Crippen LogP contribution in [0.2, 0.25) is 0 Å². The van der Waals surface area contributed by atoms with Crippen molar-refractivity contribution >= 4 is 34.1 Å². The molecule has 3 N–H and O–H groups in total. The number of hydrogen-bond acceptors (Lipinski definition) is 6. The van der Waals surface area contributed by atoms with Crippen LogP contribution in [0.25, 0.3) is 0 Å². The minimum absolute atomic E-state index is 0.150. The number of hydrogen-bond donors (Lipinski definition) is 3. The van der Waals surface area contributed by atoms with Crippen molar-refractivity contribution in [1.82, 2.24) is 5.32 Å². The van der Waals surface area contributed by atoms with Gasteiger partial charge in [0.05, 0.1) is 11.5 Å². The van der Waals surface area contributed by atoms with Gasteiger partial charge in [-0.25, -0.2) is 0 Å². The summed E-state index contributed by atoms with van der Waals surface area (Å²) in [5, 5.41) is 15.5. The summed E-state index contributed by atoms with van der Waals surface area (Å²) in [6.07, 6.45) is 2.84. The molecule has 2 aromatic rings. The lowest BCUT2D eigenvalue weighted by Crippen LogP contribution is -2.30. The molecule has 4 rings (SSSR count). The third-order valence-corrected chi connectivity index (χ3v) is 7.15. The van der Waals surface area contributed by atoms with Crippen molar-refractivity contribution in [3.05, 3.63) is 40.3 Å². The van der Waals surface area contributed by atoms with E-state index in [4.69, 9.17) is 14.6 Å². The summed E-state index contributed by atoms with van der Waals surface area (Å²) in [6.45, 7) is 2.51. The molecule has 0 atom stereocenters. The van der Waals surface area contributed by atoms with Gasteiger partial charge in [-0.05, 0) is 55.9 Å². The predicted octanol–water partition coefficient (Wildman–Crippen LogP) is 3.80. The van der Waals surface area contributed by atoms with Gasteiger partial charge in [0, 0.05) is 17.3 Å². The summed E-state index contributed by atoms with van der Waals surface area (Å²) in [4.78, 5) is 37.8. The molecule has 0 radical (unpaired) electrons. The maximum Gasteiger partial charge on any atom is 0.306 e. The summed E-state index contributed by atoms with van der Waals surface area (Å²) in [6, 6.07) is 7.34. The number of aryl methyl sites for hydroxylation is 1. The molecule has 1 aliphatic carbocycles. The zero-order chi connectivity index (χ0) is 22.7. The van der Waals surface area contributed by atoms with Gasteiger partial charge in [-0.15, -0.1) is 11.3 Å². The third-order valence-electron chi connectivity index (χ3n) is 5.95. The lowest BCUT2D eigenvalue weighted by molar-refractivity contribution is -0.143. The fourth-order valence-electron chi connectivity index (χ4n) is 4.02. The summed E-state index contributed by atoms with van der Waals surface area (Å²) in [7, 11) is 0. The van der Waals surface area contributed by atoms with Crippen molar-refractivity contribution in [2.45, 2.75) is 45.6 Å². The molecular formula is C23H26N2O6S. The number of carboxylic acids is 1. The van der Waals surface area contributed by atoms with Gasteiger partial charge in [-0.2, -0.15) is 0 Å². The van der Waals surface area contributed by atoms with E-state index in [9.17, 15) is 14.4 Å². The van der Waals surface area contributed by atoms with Gasteiger partial charge in [-0.3, -0.25) is 14.4 Å². The topological polar surface area (TPSA) is 114 Å². The molecule has 9 heteroatoms. The Labute approximate surface area is 189 Å². The molecule has 0 bridgehead atoms. The molecule has 1 aromatic carbocycles. The van der Waals surface area contributed by atoms with Gasteiger partial charge < -0.3 is 25.2 Å². The quantitative estimate of drug-likeness (QED) is 0.582. The van der Waals surface area contributed by atoms with E-state index in [1.165, 1.54) is 11.3 Å². The molecule has 170 valence electrons. The number of nitrogens with one attached hydrogen (secondary N) is 2. The Hall–Kier alpha value is -3.07. The van der Waals surface area contributed by atoms with Crippen molar-refractivity contribution in [2.24, 2.45) is 11.8 Å². The highest BCUT2D eigenvalue weighted by Gasteiger charge is 2.30. The molecule has 0 unspecified atom stereocenters. The van der Waals surface area contributed by atoms with Crippen LogP contribution in [-0.4, -0.2) is 29.7 Å². The predicted molar refractivity (Wildman–Crippen MR) is 119 cm³/mol. The molecule has 1 saturated carbocycles. The summed E-state index contributed by atoms with van der Waals surface area (Å²) in [5.41, 5.74) is 1.33. The Morgan fingerprint density at radius 2 is 1.78 bits per heavy atom. The first kappa shape index (κ1) is 22.1. The molecule has 0 saturated heterocycles. The monoisotopic (exact) mass is 458 g/mol.